The van der Waals surface area contributed by atoms with Crippen molar-refractivity contribution in [2.24, 2.45) is 11.7 Å². The molecule has 0 atom stereocenters. The minimum absolute atomic E-state index is 0.250. The summed E-state index contributed by atoms with van der Waals surface area (Å²) < 4.78 is 20.1. The number of rotatable bonds is 6. The molecule has 1 aromatic heterocycles. The summed E-state index contributed by atoms with van der Waals surface area (Å²) in [5, 5.41) is 8.60. The van der Waals surface area contributed by atoms with Gasteiger partial charge in [0, 0.05) is 23.6 Å². The average molecular weight is 456 g/mol. The number of pyridine rings is 1. The second-order valence-corrected chi connectivity index (χ2v) is 7.65. The minimum atomic E-state index is -0.440. The molecular formula is C25H30FN3O4. The van der Waals surface area contributed by atoms with Crippen LogP contribution in [0, 0.1) is 11.7 Å². The van der Waals surface area contributed by atoms with E-state index < -0.39 is 5.91 Å². The minimum Gasteiger partial charge on any atom is -0.486 e. The van der Waals surface area contributed by atoms with E-state index in [4.69, 9.17) is 14.7 Å². The number of benzene rings is 2. The fourth-order valence-corrected chi connectivity index (χ4v) is 3.21. The lowest BCUT2D eigenvalue weighted by Crippen LogP contribution is -2.12. The average Bonchev–Trinajstić information content (AvgIpc) is 3.63. The lowest BCUT2D eigenvalue weighted by Gasteiger charge is -2.12. The Kier molecular flexibility index (Phi) is 10.2. The van der Waals surface area contributed by atoms with Gasteiger partial charge in [-0.15, -0.1) is 0 Å². The Hall–Kier alpha value is -3.52. The molecule has 176 valence electrons. The molecule has 33 heavy (non-hydrogen) atoms. The largest absolute Gasteiger partial charge is 0.486 e. The van der Waals surface area contributed by atoms with Gasteiger partial charge in [0.25, 0.3) is 0 Å². The van der Waals surface area contributed by atoms with Gasteiger partial charge in [0.1, 0.15) is 6.61 Å². The molecule has 0 unspecified atom stereocenters. The number of para-hydroxylation sites is 1. The number of halogens is 1. The van der Waals surface area contributed by atoms with E-state index in [-0.39, 0.29) is 12.2 Å². The summed E-state index contributed by atoms with van der Waals surface area (Å²) in [5.74, 6) is 0.359. The molecule has 0 radical (unpaired) electrons. The maximum absolute atomic E-state index is 14.3. The van der Waals surface area contributed by atoms with Crippen LogP contribution in [0.25, 0.3) is 10.9 Å². The fourth-order valence-electron chi connectivity index (χ4n) is 3.21. The summed E-state index contributed by atoms with van der Waals surface area (Å²) in [6.45, 7) is 3.65. The lowest BCUT2D eigenvalue weighted by molar-refractivity contribution is -0.126. The van der Waals surface area contributed by atoms with E-state index in [2.05, 4.69) is 23.7 Å². The maximum Gasteiger partial charge on any atom is 0.240 e. The lowest BCUT2D eigenvalue weighted by atomic mass is 10.1. The zero-order valence-corrected chi connectivity index (χ0v) is 18.9. The van der Waals surface area contributed by atoms with Gasteiger partial charge in [0.2, 0.25) is 12.3 Å². The first-order chi connectivity index (χ1) is 15.9. The number of aromatic nitrogens is 1. The molecule has 2 aromatic carbocycles. The van der Waals surface area contributed by atoms with Crippen molar-refractivity contribution < 1.29 is 23.9 Å². The number of nitrogens with one attached hydrogen (secondary N) is 1. The van der Waals surface area contributed by atoms with E-state index >= 15 is 0 Å². The highest BCUT2D eigenvalue weighted by Gasteiger charge is 2.22. The van der Waals surface area contributed by atoms with Crippen molar-refractivity contribution in [3.63, 3.8) is 0 Å². The number of carbonyl (C=O) groups excluding carboxylic acids is 2. The second kappa shape index (κ2) is 13.1. The number of hydrogen-bond donors (Lipinski definition) is 3. The fraction of sp³-hybridized carbons (Fsp3) is 0.320. The highest BCUT2D eigenvalue weighted by molar-refractivity contribution is 5.82. The molecule has 1 aliphatic rings. The molecule has 1 fully saturated rings. The topological polar surface area (TPSA) is 115 Å². The van der Waals surface area contributed by atoms with Crippen molar-refractivity contribution in [1.29, 1.82) is 0 Å². The van der Waals surface area contributed by atoms with Crippen molar-refractivity contribution >= 4 is 23.2 Å². The van der Waals surface area contributed by atoms with E-state index in [0.29, 0.717) is 12.4 Å². The number of aryl methyl sites for hydroxylation is 1. The number of nitrogens with two attached hydrogens (primary N) is 1. The van der Waals surface area contributed by atoms with Crippen LogP contribution in [0.2, 0.25) is 0 Å². The first-order valence-corrected chi connectivity index (χ1v) is 10.8. The molecule has 0 spiro atoms. The van der Waals surface area contributed by atoms with Crippen LogP contribution in [-0.2, 0) is 29.0 Å². The van der Waals surface area contributed by atoms with Gasteiger partial charge >= 0.3 is 0 Å². The summed E-state index contributed by atoms with van der Waals surface area (Å²) in [6.07, 6.45) is 4.64. The van der Waals surface area contributed by atoms with Gasteiger partial charge in [-0.05, 0) is 61.4 Å². The number of fused-ring (bicyclic) bond motifs is 1. The van der Waals surface area contributed by atoms with E-state index in [1.54, 1.807) is 12.1 Å². The molecule has 2 amide bonds. The molecule has 4 rings (SSSR count). The van der Waals surface area contributed by atoms with Crippen LogP contribution < -0.4 is 16.0 Å². The standard InChI is InChI=1S/C22H22FNO.C2H5NO2.CH3NO/c1-2-18-13-17(19-5-3-4-6-21(19)24-18)14-25-22-10-9-16(12-20(22)23)11-15-7-8-15;1-2(4)3-5;2-1-3/h3-6,9-10,12-13,15H,2,7-8,11,14H2,1H3;5H,1H3,(H,3,4);1H,(H2,2,3). The monoisotopic (exact) mass is 455 g/mol. The molecule has 1 saturated carbocycles. The third kappa shape index (κ3) is 8.50. The van der Waals surface area contributed by atoms with Crippen LogP contribution in [0.4, 0.5) is 4.39 Å². The predicted octanol–water partition coefficient (Wildman–Crippen LogP) is 4.08. The quantitative estimate of drug-likeness (QED) is 0.294. The van der Waals surface area contributed by atoms with Gasteiger partial charge in [-0.2, -0.15) is 0 Å². The molecule has 1 heterocycles. The van der Waals surface area contributed by atoms with E-state index in [9.17, 15) is 9.18 Å². The van der Waals surface area contributed by atoms with Gasteiger partial charge in [-0.3, -0.25) is 19.8 Å². The number of hydrogen-bond acceptors (Lipinski definition) is 5. The molecule has 4 N–H and O–H groups in total. The Morgan fingerprint density at radius 3 is 2.52 bits per heavy atom. The molecule has 0 aliphatic heterocycles. The molecule has 1 aliphatic carbocycles. The molecule has 0 bridgehead atoms. The molecule has 7 nitrogen and oxygen atoms in total. The van der Waals surface area contributed by atoms with Crippen molar-refractivity contribution in [2.45, 2.75) is 46.1 Å². The van der Waals surface area contributed by atoms with E-state index in [1.807, 2.05) is 30.3 Å². The highest BCUT2D eigenvalue weighted by atomic mass is 19.1. The Morgan fingerprint density at radius 2 is 1.94 bits per heavy atom. The van der Waals surface area contributed by atoms with Crippen LogP contribution in [0.1, 0.15) is 43.5 Å². The smallest absolute Gasteiger partial charge is 0.240 e. The molecule has 0 saturated heterocycles. The first kappa shape index (κ1) is 25.7. The number of nitrogens with zero attached hydrogens (tertiary/aromatic N) is 1. The number of hydroxylamine groups is 1. The Labute approximate surface area is 192 Å². The van der Waals surface area contributed by atoms with Crippen molar-refractivity contribution in [1.82, 2.24) is 10.5 Å². The zero-order valence-electron chi connectivity index (χ0n) is 18.9. The number of amides is 2. The Morgan fingerprint density at radius 1 is 1.27 bits per heavy atom. The maximum atomic E-state index is 14.3. The number of primary amides is 1. The van der Waals surface area contributed by atoms with E-state index in [0.717, 1.165) is 46.5 Å². The first-order valence-electron chi connectivity index (χ1n) is 10.8. The number of ether oxygens (including phenoxy) is 1. The van der Waals surface area contributed by atoms with Crippen molar-refractivity contribution in [3.05, 3.63) is 71.2 Å². The summed E-state index contributed by atoms with van der Waals surface area (Å²) in [4.78, 5) is 22.7. The van der Waals surface area contributed by atoms with Crippen molar-refractivity contribution in [3.8, 4) is 5.75 Å². The van der Waals surface area contributed by atoms with Gasteiger partial charge in [0.15, 0.2) is 11.6 Å². The van der Waals surface area contributed by atoms with Crippen molar-refractivity contribution in [2.75, 3.05) is 0 Å². The predicted molar refractivity (Wildman–Crippen MR) is 124 cm³/mol. The third-order valence-corrected chi connectivity index (χ3v) is 4.98. The molecule has 3 aromatic rings. The normalized spacial score (nSPS) is 12.0. The van der Waals surface area contributed by atoms with Crippen LogP contribution in [-0.4, -0.2) is 22.5 Å². The van der Waals surface area contributed by atoms with Gasteiger partial charge in [0.05, 0.1) is 5.52 Å². The van der Waals surface area contributed by atoms with Gasteiger partial charge in [-0.1, -0.05) is 31.2 Å². The number of carbonyl (C=O) groups is 2. The summed E-state index contributed by atoms with van der Waals surface area (Å²) in [5.41, 5.74) is 9.65. The summed E-state index contributed by atoms with van der Waals surface area (Å²) in [7, 11) is 0. The second-order valence-electron chi connectivity index (χ2n) is 7.65. The Balaban J connectivity index is 0.000000420. The summed E-state index contributed by atoms with van der Waals surface area (Å²) >= 11 is 0. The Bertz CT molecular complexity index is 1070. The summed E-state index contributed by atoms with van der Waals surface area (Å²) in [6, 6.07) is 15.4. The molecule has 8 heteroatoms. The molecular weight excluding hydrogens is 425 g/mol. The van der Waals surface area contributed by atoms with Gasteiger partial charge in [-0.25, -0.2) is 9.87 Å². The van der Waals surface area contributed by atoms with Crippen LogP contribution in [0.5, 0.6) is 5.75 Å². The van der Waals surface area contributed by atoms with E-state index in [1.165, 1.54) is 25.2 Å². The SMILES string of the molecule is CC(=O)NO.CCc1cc(COc2ccc(CC3CC3)cc2F)c2ccccc2n1.NC=O. The van der Waals surface area contributed by atoms with Crippen LogP contribution in [0.3, 0.4) is 0 Å². The zero-order chi connectivity index (χ0) is 24.2. The highest BCUT2D eigenvalue weighted by Crippen LogP contribution is 2.33. The van der Waals surface area contributed by atoms with Crippen LogP contribution >= 0.6 is 0 Å². The third-order valence-electron chi connectivity index (χ3n) is 4.98. The van der Waals surface area contributed by atoms with Gasteiger partial charge < -0.3 is 10.5 Å². The van der Waals surface area contributed by atoms with Crippen LogP contribution in [0.15, 0.2) is 48.5 Å².